The van der Waals surface area contributed by atoms with E-state index in [1.165, 1.54) is 23.3 Å². The second kappa shape index (κ2) is 17.9. The predicted molar refractivity (Wildman–Crippen MR) is 310 cm³/mol. The first-order valence-electron chi connectivity index (χ1n) is 26.2. The Morgan fingerprint density at radius 3 is 1.05 bits per heavy atom. The Kier molecular flexibility index (Phi) is 11.9. The SMILES string of the molecule is CC(C)(C)c1ccc2c(c1)c1cc(C(C)(C)C)ccc1n2-c1cc(-c2cc(-c3nc(-c4ccccc4)nc(-c4ccccc4)n3)ccc2-n2c3ccc(C(C)(C)C)cc3c3cc(C(C)(C)C)ccc32)cc(C(F)(F)F)c1. The molecule has 0 bridgehead atoms. The summed E-state index contributed by atoms with van der Waals surface area (Å²) in [6.45, 7) is 26.4. The molecule has 11 rings (SSSR count). The van der Waals surface area contributed by atoms with Gasteiger partial charge in [-0.15, -0.1) is 0 Å². The van der Waals surface area contributed by atoms with Crippen LogP contribution in [0.4, 0.5) is 13.2 Å². The number of halogens is 3. The van der Waals surface area contributed by atoms with E-state index in [-0.39, 0.29) is 21.7 Å². The van der Waals surface area contributed by atoms with Gasteiger partial charge in [0.1, 0.15) is 0 Å². The van der Waals surface area contributed by atoms with Gasteiger partial charge in [-0.25, -0.2) is 15.0 Å². The largest absolute Gasteiger partial charge is 0.416 e. The molecule has 382 valence electrons. The van der Waals surface area contributed by atoms with Gasteiger partial charge in [-0.3, -0.25) is 0 Å². The van der Waals surface area contributed by atoms with Crippen molar-refractivity contribution >= 4 is 43.6 Å². The van der Waals surface area contributed by atoms with E-state index in [4.69, 9.17) is 15.0 Å². The molecule has 0 radical (unpaired) electrons. The van der Waals surface area contributed by atoms with Crippen molar-refractivity contribution in [3.8, 4) is 56.7 Å². The number of alkyl halides is 3. The summed E-state index contributed by atoms with van der Waals surface area (Å²) in [5, 5.41) is 4.12. The first kappa shape index (κ1) is 50.3. The van der Waals surface area contributed by atoms with E-state index in [2.05, 4.69) is 160 Å². The Labute approximate surface area is 444 Å². The van der Waals surface area contributed by atoms with E-state index < -0.39 is 11.7 Å². The molecule has 0 aliphatic rings. The summed E-state index contributed by atoms with van der Waals surface area (Å²) in [7, 11) is 0. The van der Waals surface area contributed by atoms with Crippen molar-refractivity contribution in [2.24, 2.45) is 0 Å². The maximum atomic E-state index is 15.9. The van der Waals surface area contributed by atoms with E-state index in [1.807, 2.05) is 89.5 Å². The van der Waals surface area contributed by atoms with Crippen molar-refractivity contribution in [1.29, 1.82) is 0 Å². The first-order chi connectivity index (χ1) is 35.8. The second-order valence-corrected chi connectivity index (χ2v) is 24.6. The van der Waals surface area contributed by atoms with Gasteiger partial charge < -0.3 is 9.13 Å². The lowest BCUT2D eigenvalue weighted by Gasteiger charge is -2.21. The molecule has 8 aromatic carbocycles. The molecule has 0 fully saturated rings. The van der Waals surface area contributed by atoms with Crippen LogP contribution in [-0.2, 0) is 27.8 Å². The van der Waals surface area contributed by atoms with Crippen molar-refractivity contribution in [3.63, 3.8) is 0 Å². The molecule has 0 aliphatic carbocycles. The summed E-state index contributed by atoms with van der Waals surface area (Å²) >= 11 is 0. The van der Waals surface area contributed by atoms with Gasteiger partial charge in [0.15, 0.2) is 17.5 Å². The highest BCUT2D eigenvalue weighted by Gasteiger charge is 2.33. The highest BCUT2D eigenvalue weighted by molar-refractivity contribution is 6.11. The zero-order valence-electron chi connectivity index (χ0n) is 45.5. The second-order valence-electron chi connectivity index (χ2n) is 24.6. The van der Waals surface area contributed by atoms with Gasteiger partial charge >= 0.3 is 6.18 Å². The smallest absolute Gasteiger partial charge is 0.309 e. The third-order valence-electron chi connectivity index (χ3n) is 15.0. The fraction of sp³-hybridized carbons (Fsp3) is 0.250. The topological polar surface area (TPSA) is 48.5 Å². The van der Waals surface area contributed by atoms with Gasteiger partial charge in [0.2, 0.25) is 0 Å². The summed E-state index contributed by atoms with van der Waals surface area (Å²) in [4.78, 5) is 15.2. The van der Waals surface area contributed by atoms with Crippen molar-refractivity contribution in [2.45, 2.75) is 111 Å². The van der Waals surface area contributed by atoms with Crippen LogP contribution in [0.1, 0.15) is 111 Å². The maximum absolute atomic E-state index is 15.9. The number of nitrogens with zero attached hydrogens (tertiary/aromatic N) is 5. The van der Waals surface area contributed by atoms with Gasteiger partial charge in [-0.05, 0) is 134 Å². The standard InChI is InChI=1S/C68H64F3N5/c1-64(2,3)45-24-29-57-52(37-45)53-38-46(65(4,5)6)25-30-58(53)75(57)50-34-44(33-49(36-50)68(69,70)71)51-35-43(63-73-61(41-19-15-13-16-20-41)72-62(74-63)42-21-17-14-18-22-42)23-28-56(51)76-59-31-26-47(66(7,8)9)39-54(59)55-40-48(67(10,11)12)27-32-60(55)76/h13-40H,1-12H3. The molecule has 0 saturated carbocycles. The highest BCUT2D eigenvalue weighted by atomic mass is 19.4. The monoisotopic (exact) mass is 1010 g/mol. The summed E-state index contributed by atoms with van der Waals surface area (Å²) < 4.78 is 51.9. The predicted octanol–water partition coefficient (Wildman–Crippen LogP) is 18.9. The molecule has 0 spiro atoms. The van der Waals surface area contributed by atoms with Crippen LogP contribution in [-0.4, -0.2) is 24.1 Å². The molecule has 3 aromatic heterocycles. The zero-order chi connectivity index (χ0) is 53.9. The van der Waals surface area contributed by atoms with Crippen molar-refractivity contribution < 1.29 is 13.2 Å². The van der Waals surface area contributed by atoms with Crippen LogP contribution in [0.5, 0.6) is 0 Å². The molecule has 0 unspecified atom stereocenters. The van der Waals surface area contributed by atoms with Gasteiger partial charge in [-0.1, -0.05) is 168 Å². The fourth-order valence-corrected chi connectivity index (χ4v) is 10.5. The summed E-state index contributed by atoms with van der Waals surface area (Å²) in [5.74, 6) is 1.36. The first-order valence-corrected chi connectivity index (χ1v) is 26.2. The third kappa shape index (κ3) is 9.16. The summed E-state index contributed by atoms with van der Waals surface area (Å²) in [6, 6.07) is 56.1. The molecule has 8 heteroatoms. The Bertz CT molecular complexity index is 3860. The summed E-state index contributed by atoms with van der Waals surface area (Å²) in [5.41, 5.74) is 11.2. The molecule has 0 saturated heterocycles. The molecule has 0 atom stereocenters. The lowest BCUT2D eigenvalue weighted by molar-refractivity contribution is -0.137. The van der Waals surface area contributed by atoms with E-state index in [0.717, 1.165) is 65.9 Å². The van der Waals surface area contributed by atoms with Crippen LogP contribution in [0, 0.1) is 0 Å². The fourth-order valence-electron chi connectivity index (χ4n) is 10.5. The average Bonchev–Trinajstić information content (AvgIpc) is 3.94. The van der Waals surface area contributed by atoms with Crippen molar-refractivity contribution in [2.75, 3.05) is 0 Å². The Balaban J connectivity index is 1.25. The lowest BCUT2D eigenvalue weighted by Crippen LogP contribution is -2.10. The number of aromatic nitrogens is 5. The molecule has 0 amide bonds. The Morgan fingerprint density at radius 2 is 0.684 bits per heavy atom. The van der Waals surface area contributed by atoms with Crippen LogP contribution in [0.3, 0.4) is 0 Å². The van der Waals surface area contributed by atoms with Crippen LogP contribution >= 0.6 is 0 Å². The van der Waals surface area contributed by atoms with Gasteiger partial charge in [-0.2, -0.15) is 13.2 Å². The number of benzene rings is 8. The molecule has 3 heterocycles. The number of hydrogen-bond acceptors (Lipinski definition) is 3. The minimum Gasteiger partial charge on any atom is -0.309 e. The van der Waals surface area contributed by atoms with Crippen LogP contribution in [0.15, 0.2) is 170 Å². The normalized spacial score (nSPS) is 12.9. The van der Waals surface area contributed by atoms with E-state index in [0.29, 0.717) is 45.5 Å². The lowest BCUT2D eigenvalue weighted by atomic mass is 9.85. The van der Waals surface area contributed by atoms with E-state index in [1.54, 1.807) is 0 Å². The van der Waals surface area contributed by atoms with Crippen molar-refractivity contribution in [3.05, 3.63) is 198 Å². The molecular weight excluding hydrogens is 944 g/mol. The molecule has 5 nitrogen and oxygen atoms in total. The van der Waals surface area contributed by atoms with Crippen LogP contribution in [0.25, 0.3) is 100 Å². The zero-order valence-corrected chi connectivity index (χ0v) is 45.5. The molecule has 0 N–H and O–H groups in total. The minimum absolute atomic E-state index is 0.136. The van der Waals surface area contributed by atoms with Crippen LogP contribution < -0.4 is 0 Å². The molecule has 0 aliphatic heterocycles. The van der Waals surface area contributed by atoms with Crippen LogP contribution in [0.2, 0.25) is 0 Å². The molecule has 76 heavy (non-hydrogen) atoms. The Hall–Kier alpha value is -7.84. The van der Waals surface area contributed by atoms with E-state index >= 15 is 13.2 Å². The maximum Gasteiger partial charge on any atom is 0.416 e. The quantitative estimate of drug-likeness (QED) is 0.167. The number of hydrogen-bond donors (Lipinski definition) is 0. The van der Waals surface area contributed by atoms with Gasteiger partial charge in [0, 0.05) is 49.5 Å². The van der Waals surface area contributed by atoms with Crippen molar-refractivity contribution in [1.82, 2.24) is 24.1 Å². The summed E-state index contributed by atoms with van der Waals surface area (Å²) in [6.07, 6.45) is -4.69. The Morgan fingerprint density at radius 1 is 0.316 bits per heavy atom. The molecular formula is C68H64F3N5. The van der Waals surface area contributed by atoms with Gasteiger partial charge in [0.05, 0.1) is 33.3 Å². The van der Waals surface area contributed by atoms with E-state index in [9.17, 15) is 0 Å². The third-order valence-corrected chi connectivity index (χ3v) is 15.0. The average molecular weight is 1010 g/mol. The molecule has 11 aromatic rings. The minimum atomic E-state index is -4.69. The number of rotatable bonds is 6. The van der Waals surface area contributed by atoms with Gasteiger partial charge in [0.25, 0.3) is 0 Å². The number of fused-ring (bicyclic) bond motifs is 6. The highest BCUT2D eigenvalue weighted by Crippen LogP contribution is 2.45.